The maximum atomic E-state index is 11.7. The predicted octanol–water partition coefficient (Wildman–Crippen LogP) is 2.81. The van der Waals surface area contributed by atoms with Gasteiger partial charge in [-0.05, 0) is 18.6 Å². The zero-order valence-corrected chi connectivity index (χ0v) is 11.6. The molecule has 0 aliphatic heterocycles. The lowest BCUT2D eigenvalue weighted by Crippen LogP contribution is -2.42. The molecule has 0 fully saturated rings. The second-order valence-corrected chi connectivity index (χ2v) is 4.47. The number of urea groups is 1. The molecule has 1 unspecified atom stereocenters. The van der Waals surface area contributed by atoms with E-state index in [0.29, 0.717) is 5.02 Å². The Balaban J connectivity index is 2.78. The zero-order valence-electron chi connectivity index (χ0n) is 10.1. The van der Waals surface area contributed by atoms with Crippen LogP contribution in [0.25, 0.3) is 0 Å². The minimum atomic E-state index is -0.528. The quantitative estimate of drug-likeness (QED) is 0.870. The molecular weight excluding hydrogens is 275 g/mol. The summed E-state index contributed by atoms with van der Waals surface area (Å²) in [4.78, 5) is 24.2. The highest BCUT2D eigenvalue weighted by molar-refractivity contribution is 6.31. The highest BCUT2D eigenvalue weighted by Crippen LogP contribution is 2.25. The first-order chi connectivity index (χ1) is 8.47. The lowest BCUT2D eigenvalue weighted by molar-refractivity contribution is -0.117. The van der Waals surface area contributed by atoms with E-state index in [1.54, 1.807) is 13.1 Å². The number of halogens is 2. The fourth-order valence-corrected chi connectivity index (χ4v) is 1.80. The Labute approximate surface area is 116 Å². The standard InChI is InChI=1S/C12H14Cl2N2O2/c1-8(9-5-3-4-6-10(9)14)16(2)12(18)15-11(17)7-13/h3-6,8H,7H2,1-2H3,(H,15,17,18). The van der Waals surface area contributed by atoms with Crippen LogP contribution in [0.5, 0.6) is 0 Å². The maximum absolute atomic E-state index is 11.7. The summed E-state index contributed by atoms with van der Waals surface area (Å²) in [7, 11) is 1.59. The van der Waals surface area contributed by atoms with E-state index in [-0.39, 0.29) is 11.9 Å². The highest BCUT2D eigenvalue weighted by atomic mass is 35.5. The average Bonchev–Trinajstić information content (AvgIpc) is 2.37. The molecule has 0 radical (unpaired) electrons. The van der Waals surface area contributed by atoms with Crippen molar-refractivity contribution in [1.29, 1.82) is 0 Å². The molecule has 1 atom stereocenters. The number of rotatable bonds is 3. The number of imide groups is 1. The van der Waals surface area contributed by atoms with Crippen LogP contribution in [-0.2, 0) is 4.79 Å². The van der Waals surface area contributed by atoms with Crippen LogP contribution in [0.4, 0.5) is 4.79 Å². The third-order valence-electron chi connectivity index (χ3n) is 2.62. The van der Waals surface area contributed by atoms with E-state index in [1.165, 1.54) is 4.90 Å². The first-order valence-electron chi connectivity index (χ1n) is 5.34. The van der Waals surface area contributed by atoms with Crippen LogP contribution in [0, 0.1) is 0 Å². The van der Waals surface area contributed by atoms with Gasteiger partial charge in [-0.2, -0.15) is 0 Å². The minimum absolute atomic E-state index is 0.248. The van der Waals surface area contributed by atoms with Crippen molar-refractivity contribution in [1.82, 2.24) is 10.2 Å². The normalized spacial score (nSPS) is 11.8. The second kappa shape index (κ2) is 6.61. The molecule has 0 aliphatic carbocycles. The first kappa shape index (κ1) is 14.8. The molecule has 1 rings (SSSR count). The van der Waals surface area contributed by atoms with Gasteiger partial charge in [-0.15, -0.1) is 11.6 Å². The molecule has 0 aliphatic rings. The van der Waals surface area contributed by atoms with E-state index in [4.69, 9.17) is 23.2 Å². The third kappa shape index (κ3) is 3.62. The van der Waals surface area contributed by atoms with E-state index in [2.05, 4.69) is 5.32 Å². The molecule has 0 bridgehead atoms. The molecule has 6 heteroatoms. The highest BCUT2D eigenvalue weighted by Gasteiger charge is 2.20. The fourth-order valence-electron chi connectivity index (χ4n) is 1.44. The summed E-state index contributed by atoms with van der Waals surface area (Å²) in [6.07, 6.45) is 0. The van der Waals surface area contributed by atoms with Crippen LogP contribution in [-0.4, -0.2) is 29.8 Å². The molecule has 1 N–H and O–H groups in total. The Bertz CT molecular complexity index is 451. The van der Waals surface area contributed by atoms with Crippen LogP contribution >= 0.6 is 23.2 Å². The van der Waals surface area contributed by atoms with Gasteiger partial charge >= 0.3 is 6.03 Å². The summed E-state index contributed by atoms with van der Waals surface area (Å²) < 4.78 is 0. The predicted molar refractivity (Wildman–Crippen MR) is 71.9 cm³/mol. The van der Waals surface area contributed by atoms with Gasteiger partial charge in [0.2, 0.25) is 5.91 Å². The number of nitrogens with one attached hydrogen (secondary N) is 1. The molecule has 3 amide bonds. The molecule has 4 nitrogen and oxygen atoms in total. The van der Waals surface area contributed by atoms with E-state index >= 15 is 0 Å². The maximum Gasteiger partial charge on any atom is 0.324 e. The average molecular weight is 289 g/mol. The molecule has 1 aromatic rings. The van der Waals surface area contributed by atoms with Gasteiger partial charge in [0.15, 0.2) is 0 Å². The largest absolute Gasteiger partial charge is 0.324 e. The van der Waals surface area contributed by atoms with Crippen molar-refractivity contribution in [2.24, 2.45) is 0 Å². The Morgan fingerprint density at radius 1 is 1.39 bits per heavy atom. The van der Waals surface area contributed by atoms with Crippen molar-refractivity contribution in [2.75, 3.05) is 12.9 Å². The Kier molecular flexibility index (Phi) is 5.44. The van der Waals surface area contributed by atoms with Crippen LogP contribution in [0.2, 0.25) is 5.02 Å². The Morgan fingerprint density at radius 2 is 2.00 bits per heavy atom. The number of hydrogen-bond donors (Lipinski definition) is 1. The van der Waals surface area contributed by atoms with E-state index in [0.717, 1.165) is 5.56 Å². The van der Waals surface area contributed by atoms with Gasteiger partial charge in [-0.25, -0.2) is 4.79 Å². The summed E-state index contributed by atoms with van der Waals surface area (Å²) in [6, 6.07) is 6.49. The number of alkyl halides is 1. The Hall–Kier alpha value is -1.26. The number of hydrogen-bond acceptors (Lipinski definition) is 2. The van der Waals surface area contributed by atoms with E-state index in [9.17, 15) is 9.59 Å². The number of carbonyl (C=O) groups is 2. The van der Waals surface area contributed by atoms with Crippen molar-refractivity contribution >= 4 is 35.1 Å². The minimum Gasteiger partial charge on any atom is -0.321 e. The number of nitrogens with zero attached hydrogens (tertiary/aromatic N) is 1. The number of benzene rings is 1. The second-order valence-electron chi connectivity index (χ2n) is 3.80. The van der Waals surface area contributed by atoms with Gasteiger partial charge in [-0.3, -0.25) is 10.1 Å². The molecular formula is C12H14Cl2N2O2. The van der Waals surface area contributed by atoms with Gasteiger partial charge in [0.1, 0.15) is 5.88 Å². The van der Waals surface area contributed by atoms with E-state index in [1.807, 2.05) is 25.1 Å². The summed E-state index contributed by atoms with van der Waals surface area (Å²) >= 11 is 11.4. The number of carbonyl (C=O) groups excluding carboxylic acids is 2. The van der Waals surface area contributed by atoms with Crippen molar-refractivity contribution in [3.63, 3.8) is 0 Å². The van der Waals surface area contributed by atoms with Crippen molar-refractivity contribution < 1.29 is 9.59 Å². The van der Waals surface area contributed by atoms with Crippen molar-refractivity contribution in [3.05, 3.63) is 34.9 Å². The molecule has 18 heavy (non-hydrogen) atoms. The summed E-state index contributed by atoms with van der Waals surface area (Å²) in [5, 5.41) is 2.75. The molecule has 0 saturated heterocycles. The summed E-state index contributed by atoms with van der Waals surface area (Å²) in [5.74, 6) is -0.778. The first-order valence-corrected chi connectivity index (χ1v) is 6.25. The molecule has 0 spiro atoms. The van der Waals surface area contributed by atoms with Gasteiger partial charge in [-0.1, -0.05) is 29.8 Å². The van der Waals surface area contributed by atoms with Gasteiger partial charge < -0.3 is 4.90 Å². The van der Waals surface area contributed by atoms with Crippen LogP contribution in [0.1, 0.15) is 18.5 Å². The smallest absolute Gasteiger partial charge is 0.321 e. The third-order valence-corrected chi connectivity index (χ3v) is 3.21. The molecule has 1 aromatic carbocycles. The SMILES string of the molecule is CC(c1ccccc1Cl)N(C)C(=O)NC(=O)CCl. The fraction of sp³-hybridized carbons (Fsp3) is 0.333. The lowest BCUT2D eigenvalue weighted by atomic mass is 10.1. The number of amides is 3. The topological polar surface area (TPSA) is 49.4 Å². The van der Waals surface area contributed by atoms with Gasteiger partial charge in [0.25, 0.3) is 0 Å². The summed E-state index contributed by atoms with van der Waals surface area (Å²) in [6.45, 7) is 1.83. The lowest BCUT2D eigenvalue weighted by Gasteiger charge is -2.25. The summed E-state index contributed by atoms with van der Waals surface area (Å²) in [5.41, 5.74) is 0.815. The Morgan fingerprint density at radius 3 is 2.56 bits per heavy atom. The van der Waals surface area contributed by atoms with E-state index < -0.39 is 11.9 Å². The molecule has 98 valence electrons. The van der Waals surface area contributed by atoms with Crippen LogP contribution < -0.4 is 5.32 Å². The van der Waals surface area contributed by atoms with Crippen molar-refractivity contribution in [2.45, 2.75) is 13.0 Å². The van der Waals surface area contributed by atoms with Gasteiger partial charge in [0.05, 0.1) is 6.04 Å². The molecule has 0 aromatic heterocycles. The van der Waals surface area contributed by atoms with Crippen LogP contribution in [0.15, 0.2) is 24.3 Å². The zero-order chi connectivity index (χ0) is 13.7. The van der Waals surface area contributed by atoms with Gasteiger partial charge in [0, 0.05) is 12.1 Å². The molecule has 0 saturated carbocycles. The van der Waals surface area contributed by atoms with Crippen LogP contribution in [0.3, 0.4) is 0 Å². The van der Waals surface area contributed by atoms with Crippen molar-refractivity contribution in [3.8, 4) is 0 Å². The molecule has 0 heterocycles. The monoisotopic (exact) mass is 288 g/mol.